The lowest BCUT2D eigenvalue weighted by Gasteiger charge is -2.38. The average Bonchev–Trinajstić information content (AvgIpc) is 2.97. The molecule has 1 fully saturated rings. The molecule has 0 saturated carbocycles. The minimum Gasteiger partial charge on any atom is -0.344 e. The third-order valence-electron chi connectivity index (χ3n) is 5.11. The Labute approximate surface area is 138 Å². The van der Waals surface area contributed by atoms with Crippen LogP contribution in [-0.2, 0) is 4.79 Å². The number of fused-ring (bicyclic) bond motifs is 1. The van der Waals surface area contributed by atoms with Gasteiger partial charge in [0.25, 0.3) is 0 Å². The minimum absolute atomic E-state index is 0.259. The molecular formula is C19H27N3O. The molecule has 1 amide bonds. The number of carbonyl (C=O) groups excluding carboxylic acids is 1. The summed E-state index contributed by atoms with van der Waals surface area (Å²) in [5, 5.41) is 1.30. The summed E-state index contributed by atoms with van der Waals surface area (Å²) in [4.78, 5) is 14.2. The molecule has 0 unspecified atom stereocenters. The molecule has 4 heteroatoms. The molecule has 2 N–H and O–H groups in total. The van der Waals surface area contributed by atoms with E-state index in [2.05, 4.69) is 48.9 Å². The van der Waals surface area contributed by atoms with Gasteiger partial charge in [0, 0.05) is 31.7 Å². The van der Waals surface area contributed by atoms with E-state index in [1.165, 1.54) is 16.5 Å². The summed E-state index contributed by atoms with van der Waals surface area (Å²) in [5.74, 6) is 0.718. The monoisotopic (exact) mass is 313 g/mol. The van der Waals surface area contributed by atoms with Gasteiger partial charge in [0.15, 0.2) is 0 Å². The molecule has 23 heavy (non-hydrogen) atoms. The van der Waals surface area contributed by atoms with Gasteiger partial charge in [0.2, 0.25) is 5.91 Å². The molecule has 3 rings (SSSR count). The summed E-state index contributed by atoms with van der Waals surface area (Å²) in [7, 11) is 0. The van der Waals surface area contributed by atoms with E-state index in [1.807, 2.05) is 4.90 Å². The number of rotatable bonds is 4. The van der Waals surface area contributed by atoms with Crippen molar-refractivity contribution in [1.82, 2.24) is 9.47 Å². The molecule has 2 atom stereocenters. The summed E-state index contributed by atoms with van der Waals surface area (Å²) >= 11 is 0. The number of aryl methyl sites for hydroxylation is 1. The van der Waals surface area contributed by atoms with Crippen LogP contribution in [0, 0.1) is 12.8 Å². The number of amides is 1. The van der Waals surface area contributed by atoms with Crippen molar-refractivity contribution in [2.45, 2.75) is 39.2 Å². The van der Waals surface area contributed by atoms with Crippen LogP contribution in [0.3, 0.4) is 0 Å². The maximum atomic E-state index is 12.2. The van der Waals surface area contributed by atoms with Gasteiger partial charge in [0.1, 0.15) is 0 Å². The van der Waals surface area contributed by atoms with Gasteiger partial charge in [-0.15, -0.1) is 0 Å². The third kappa shape index (κ3) is 3.13. The molecule has 0 radical (unpaired) electrons. The average molecular weight is 313 g/mol. The molecule has 124 valence electrons. The highest BCUT2D eigenvalue weighted by atomic mass is 16.2. The van der Waals surface area contributed by atoms with Gasteiger partial charge in [-0.2, -0.15) is 0 Å². The zero-order chi connectivity index (χ0) is 16.4. The first-order valence-corrected chi connectivity index (χ1v) is 8.66. The van der Waals surface area contributed by atoms with Gasteiger partial charge < -0.3 is 15.2 Å². The molecule has 1 aromatic heterocycles. The minimum atomic E-state index is 0.259. The number of para-hydroxylation sites is 1. The van der Waals surface area contributed by atoms with Crippen molar-refractivity contribution in [2.75, 3.05) is 19.6 Å². The number of aromatic nitrogens is 1. The molecule has 2 heterocycles. The highest BCUT2D eigenvalue weighted by Crippen LogP contribution is 2.33. The van der Waals surface area contributed by atoms with Crippen LogP contribution in [-0.4, -0.2) is 35.0 Å². The molecule has 0 bridgehead atoms. The van der Waals surface area contributed by atoms with Crippen molar-refractivity contribution >= 4 is 16.8 Å². The van der Waals surface area contributed by atoms with Crippen LogP contribution < -0.4 is 5.73 Å². The topological polar surface area (TPSA) is 51.3 Å². The zero-order valence-electron chi connectivity index (χ0n) is 14.2. The van der Waals surface area contributed by atoms with Crippen LogP contribution in [0.4, 0.5) is 0 Å². The number of likely N-dealkylation sites (tertiary alicyclic amines) is 1. The van der Waals surface area contributed by atoms with Crippen LogP contribution in [0.25, 0.3) is 10.9 Å². The van der Waals surface area contributed by atoms with E-state index in [1.54, 1.807) is 0 Å². The van der Waals surface area contributed by atoms with Gasteiger partial charge in [-0.1, -0.05) is 25.1 Å². The lowest BCUT2D eigenvalue weighted by Crippen LogP contribution is -2.43. The SMILES string of the molecule is Cc1cccc2ccn([C@H]3CCN(C(=O)CCCN)C[C@H]3C)c12. The van der Waals surface area contributed by atoms with E-state index in [9.17, 15) is 4.79 Å². The molecule has 1 saturated heterocycles. The smallest absolute Gasteiger partial charge is 0.222 e. The first-order chi connectivity index (χ1) is 11.1. The number of hydrogen-bond acceptors (Lipinski definition) is 2. The Bertz CT molecular complexity index is 691. The van der Waals surface area contributed by atoms with Gasteiger partial charge >= 0.3 is 0 Å². The molecule has 2 aromatic rings. The summed E-state index contributed by atoms with van der Waals surface area (Å²) in [6.07, 6.45) is 4.60. The number of nitrogens with zero attached hydrogens (tertiary/aromatic N) is 2. The second kappa shape index (κ2) is 6.75. The Morgan fingerprint density at radius 2 is 2.17 bits per heavy atom. The van der Waals surface area contributed by atoms with E-state index >= 15 is 0 Å². The maximum absolute atomic E-state index is 12.2. The second-order valence-electron chi connectivity index (χ2n) is 6.80. The quantitative estimate of drug-likeness (QED) is 0.943. The van der Waals surface area contributed by atoms with Crippen LogP contribution in [0.1, 0.15) is 37.8 Å². The number of benzene rings is 1. The third-order valence-corrected chi connectivity index (χ3v) is 5.11. The molecular weight excluding hydrogens is 286 g/mol. The Morgan fingerprint density at radius 1 is 1.35 bits per heavy atom. The second-order valence-corrected chi connectivity index (χ2v) is 6.80. The van der Waals surface area contributed by atoms with E-state index in [4.69, 9.17) is 5.73 Å². The molecule has 1 aliphatic heterocycles. The summed E-state index contributed by atoms with van der Waals surface area (Å²) < 4.78 is 2.43. The van der Waals surface area contributed by atoms with E-state index in [-0.39, 0.29) is 5.91 Å². The lowest BCUT2D eigenvalue weighted by molar-refractivity contribution is -0.133. The fourth-order valence-electron chi connectivity index (χ4n) is 3.86. The van der Waals surface area contributed by atoms with Crippen molar-refractivity contribution in [3.8, 4) is 0 Å². The lowest BCUT2D eigenvalue weighted by atomic mass is 9.93. The predicted octanol–water partition coefficient (Wildman–Crippen LogP) is 3.10. The van der Waals surface area contributed by atoms with E-state index in [0.29, 0.717) is 24.9 Å². The van der Waals surface area contributed by atoms with Crippen LogP contribution in [0.2, 0.25) is 0 Å². The molecule has 0 spiro atoms. The van der Waals surface area contributed by atoms with Crippen LogP contribution in [0.5, 0.6) is 0 Å². The van der Waals surface area contributed by atoms with Gasteiger partial charge in [-0.3, -0.25) is 4.79 Å². The van der Waals surface area contributed by atoms with Crippen LogP contribution >= 0.6 is 0 Å². The van der Waals surface area contributed by atoms with E-state index < -0.39 is 0 Å². The highest BCUT2D eigenvalue weighted by molar-refractivity contribution is 5.83. The van der Waals surface area contributed by atoms with Crippen molar-refractivity contribution in [3.05, 3.63) is 36.0 Å². The number of hydrogen-bond donors (Lipinski definition) is 1. The number of nitrogens with two attached hydrogens (primary N) is 1. The van der Waals surface area contributed by atoms with Gasteiger partial charge in [-0.05, 0) is 49.2 Å². The predicted molar refractivity (Wildman–Crippen MR) is 94.4 cm³/mol. The van der Waals surface area contributed by atoms with Crippen molar-refractivity contribution in [3.63, 3.8) is 0 Å². The van der Waals surface area contributed by atoms with Crippen molar-refractivity contribution < 1.29 is 4.79 Å². The number of piperidine rings is 1. The van der Waals surface area contributed by atoms with Gasteiger partial charge in [0.05, 0.1) is 5.52 Å². The van der Waals surface area contributed by atoms with Gasteiger partial charge in [-0.25, -0.2) is 0 Å². The Hall–Kier alpha value is -1.81. The highest BCUT2D eigenvalue weighted by Gasteiger charge is 2.30. The fourth-order valence-corrected chi connectivity index (χ4v) is 3.86. The molecule has 4 nitrogen and oxygen atoms in total. The number of carbonyl (C=O) groups is 1. The molecule has 1 aromatic carbocycles. The summed E-state index contributed by atoms with van der Waals surface area (Å²) in [6.45, 7) is 6.72. The molecule has 0 aliphatic carbocycles. The normalized spacial score (nSPS) is 21.8. The zero-order valence-corrected chi connectivity index (χ0v) is 14.2. The summed E-state index contributed by atoms with van der Waals surface area (Å²) in [5.41, 5.74) is 8.17. The Morgan fingerprint density at radius 3 is 2.91 bits per heavy atom. The Kier molecular flexibility index (Phi) is 4.71. The van der Waals surface area contributed by atoms with Crippen molar-refractivity contribution in [2.24, 2.45) is 11.7 Å². The Balaban J connectivity index is 1.77. The van der Waals surface area contributed by atoms with Crippen molar-refractivity contribution in [1.29, 1.82) is 0 Å². The standard InChI is InChI=1S/C19H27N3O/c1-14-5-3-6-16-8-12-22(19(14)16)17-9-11-21(13-15(17)2)18(23)7-4-10-20/h3,5-6,8,12,15,17H,4,7,9-11,13,20H2,1-2H3/t15-,17+/m1/s1. The maximum Gasteiger partial charge on any atom is 0.222 e. The fraction of sp³-hybridized carbons (Fsp3) is 0.526. The molecule has 1 aliphatic rings. The first kappa shape index (κ1) is 16.1. The van der Waals surface area contributed by atoms with E-state index in [0.717, 1.165) is 25.9 Å². The summed E-state index contributed by atoms with van der Waals surface area (Å²) in [6, 6.07) is 9.13. The largest absolute Gasteiger partial charge is 0.344 e. The van der Waals surface area contributed by atoms with Crippen LogP contribution in [0.15, 0.2) is 30.5 Å². The first-order valence-electron chi connectivity index (χ1n) is 8.66.